The van der Waals surface area contributed by atoms with Crippen molar-refractivity contribution in [1.82, 2.24) is 5.32 Å². The number of aryl methyl sites for hydroxylation is 1. The quantitative estimate of drug-likeness (QED) is 0.832. The Morgan fingerprint density at radius 2 is 2.05 bits per heavy atom. The minimum Gasteiger partial charge on any atom is -0.465 e. The minimum atomic E-state index is -0.554. The summed E-state index contributed by atoms with van der Waals surface area (Å²) < 4.78 is 4.60. The summed E-state index contributed by atoms with van der Waals surface area (Å²) >= 11 is 0. The molecule has 6 heteroatoms. The first kappa shape index (κ1) is 15.4. The summed E-state index contributed by atoms with van der Waals surface area (Å²) in [6, 6.07) is 6.35. The van der Waals surface area contributed by atoms with Gasteiger partial charge in [0.2, 0.25) is 5.91 Å². The Hall–Kier alpha value is -2.68. The number of rotatable bonds is 4. The number of amides is 2. The molecule has 20 heavy (non-hydrogen) atoms. The Labute approximate surface area is 116 Å². The Morgan fingerprint density at radius 3 is 2.60 bits per heavy atom. The first-order valence-corrected chi connectivity index (χ1v) is 5.89. The van der Waals surface area contributed by atoms with E-state index in [1.807, 2.05) is 6.07 Å². The number of hydrogen-bond donors (Lipinski definition) is 1. The normalized spacial score (nSPS) is 9.45. The molecule has 1 rings (SSSR count). The van der Waals surface area contributed by atoms with Crippen LogP contribution < -0.4 is 5.32 Å². The van der Waals surface area contributed by atoms with Crippen molar-refractivity contribution in [2.24, 2.45) is 0 Å². The minimum absolute atomic E-state index is 0.199. The number of methoxy groups -OCH3 is 1. The molecule has 0 aliphatic rings. The van der Waals surface area contributed by atoms with Crippen molar-refractivity contribution in [1.29, 1.82) is 5.26 Å². The Morgan fingerprint density at radius 1 is 1.35 bits per heavy atom. The maximum absolute atomic E-state index is 11.9. The van der Waals surface area contributed by atoms with Crippen molar-refractivity contribution in [2.45, 2.75) is 19.8 Å². The van der Waals surface area contributed by atoms with Gasteiger partial charge in [0.15, 0.2) is 0 Å². The lowest BCUT2D eigenvalue weighted by molar-refractivity contribution is -0.118. The van der Waals surface area contributed by atoms with Gasteiger partial charge in [-0.15, -0.1) is 0 Å². The predicted octanol–water partition coefficient (Wildman–Crippen LogP) is 1.21. The monoisotopic (exact) mass is 274 g/mol. The lowest BCUT2D eigenvalue weighted by Crippen LogP contribution is -2.29. The first-order chi connectivity index (χ1) is 9.49. The number of carbonyl (C=O) groups is 3. The molecule has 0 saturated carbocycles. The number of carbonyl (C=O) groups excluding carboxylic acids is 3. The Balaban J connectivity index is 3.16. The molecule has 104 valence electrons. The van der Waals surface area contributed by atoms with Crippen LogP contribution in [0.5, 0.6) is 0 Å². The number of esters is 1. The fourth-order valence-electron chi connectivity index (χ4n) is 1.68. The summed E-state index contributed by atoms with van der Waals surface area (Å²) in [5, 5.41) is 10.8. The fraction of sp³-hybridized carbons (Fsp3) is 0.286. The zero-order valence-corrected chi connectivity index (χ0v) is 11.2. The highest BCUT2D eigenvalue weighted by molar-refractivity contribution is 6.05. The van der Waals surface area contributed by atoms with E-state index < -0.39 is 17.8 Å². The van der Waals surface area contributed by atoms with Crippen LogP contribution in [0, 0.1) is 11.3 Å². The van der Waals surface area contributed by atoms with E-state index in [0.717, 1.165) is 0 Å². The number of imide groups is 1. The summed E-state index contributed by atoms with van der Waals surface area (Å²) in [6.45, 7) is 1.23. The average molecular weight is 274 g/mol. The van der Waals surface area contributed by atoms with Gasteiger partial charge in [-0.2, -0.15) is 5.26 Å². The van der Waals surface area contributed by atoms with Gasteiger partial charge in [-0.05, 0) is 30.2 Å². The van der Waals surface area contributed by atoms with E-state index in [2.05, 4.69) is 10.1 Å². The van der Waals surface area contributed by atoms with Crippen LogP contribution in [0.25, 0.3) is 0 Å². The van der Waals surface area contributed by atoms with E-state index >= 15 is 0 Å². The summed E-state index contributed by atoms with van der Waals surface area (Å²) in [6.07, 6.45) is 0.507. The summed E-state index contributed by atoms with van der Waals surface area (Å²) in [5.41, 5.74) is 1.08. The topological polar surface area (TPSA) is 96.3 Å². The second-order valence-electron chi connectivity index (χ2n) is 4.03. The van der Waals surface area contributed by atoms with Crippen molar-refractivity contribution < 1.29 is 19.1 Å². The van der Waals surface area contributed by atoms with Gasteiger partial charge in [0, 0.05) is 18.9 Å². The maximum atomic E-state index is 11.9. The zero-order valence-electron chi connectivity index (χ0n) is 11.2. The number of nitrogens with zero attached hydrogens (tertiary/aromatic N) is 1. The molecule has 6 nitrogen and oxygen atoms in total. The van der Waals surface area contributed by atoms with Gasteiger partial charge in [-0.3, -0.25) is 14.9 Å². The summed E-state index contributed by atoms with van der Waals surface area (Å²) in [5.74, 6) is -1.55. The van der Waals surface area contributed by atoms with Crippen LogP contribution >= 0.6 is 0 Å². The number of ether oxygens (including phenoxy) is 1. The molecular weight excluding hydrogens is 260 g/mol. The molecule has 0 aliphatic heterocycles. The fourth-order valence-corrected chi connectivity index (χ4v) is 1.68. The third-order valence-corrected chi connectivity index (χ3v) is 2.57. The van der Waals surface area contributed by atoms with Crippen molar-refractivity contribution in [3.05, 3.63) is 34.9 Å². The molecule has 2 amide bonds. The second kappa shape index (κ2) is 7.04. The third kappa shape index (κ3) is 3.92. The number of nitrogens with one attached hydrogen (secondary N) is 1. The van der Waals surface area contributed by atoms with Crippen molar-refractivity contribution in [3.8, 4) is 6.07 Å². The lowest BCUT2D eigenvalue weighted by Gasteiger charge is -2.09. The Kier molecular flexibility index (Phi) is 5.42. The van der Waals surface area contributed by atoms with Gasteiger partial charge in [-0.25, -0.2) is 4.79 Å². The molecular formula is C14H14N2O4. The molecule has 0 radical (unpaired) electrons. The van der Waals surface area contributed by atoms with E-state index in [0.29, 0.717) is 17.5 Å². The molecule has 0 aliphatic carbocycles. The van der Waals surface area contributed by atoms with Crippen molar-refractivity contribution in [2.75, 3.05) is 7.11 Å². The van der Waals surface area contributed by atoms with Crippen LogP contribution in [-0.2, 0) is 16.0 Å². The molecule has 0 bridgehead atoms. The van der Waals surface area contributed by atoms with Crippen molar-refractivity contribution in [3.63, 3.8) is 0 Å². The van der Waals surface area contributed by atoms with E-state index in [-0.39, 0.29) is 12.0 Å². The highest BCUT2D eigenvalue weighted by Crippen LogP contribution is 2.15. The van der Waals surface area contributed by atoms with E-state index in [1.54, 1.807) is 0 Å². The molecule has 0 saturated heterocycles. The summed E-state index contributed by atoms with van der Waals surface area (Å²) in [7, 11) is 1.26. The molecule has 1 N–H and O–H groups in total. The van der Waals surface area contributed by atoms with E-state index in [4.69, 9.17) is 5.26 Å². The largest absolute Gasteiger partial charge is 0.465 e. The highest BCUT2D eigenvalue weighted by Gasteiger charge is 2.15. The first-order valence-electron chi connectivity index (χ1n) is 5.89. The number of nitriles is 1. The molecule has 0 spiro atoms. The third-order valence-electron chi connectivity index (χ3n) is 2.57. The van der Waals surface area contributed by atoms with Gasteiger partial charge in [0.1, 0.15) is 0 Å². The highest BCUT2D eigenvalue weighted by atomic mass is 16.5. The standard InChI is InChI=1S/C14H14N2O4/c1-9(17)16-13(18)12-6-5-11(14(19)20-2)8-10(12)4-3-7-15/h5-6,8H,3-4H2,1-2H3,(H,16,17,18). The molecule has 0 fully saturated rings. The second-order valence-corrected chi connectivity index (χ2v) is 4.03. The molecule has 0 unspecified atom stereocenters. The van der Waals surface area contributed by atoms with Gasteiger partial charge >= 0.3 is 5.97 Å². The number of benzene rings is 1. The number of hydrogen-bond acceptors (Lipinski definition) is 5. The molecule has 0 heterocycles. The molecule has 1 aromatic rings. The molecule has 0 aromatic heterocycles. The van der Waals surface area contributed by atoms with E-state index in [1.165, 1.54) is 32.2 Å². The average Bonchev–Trinajstić information content (AvgIpc) is 2.43. The van der Waals surface area contributed by atoms with Crippen molar-refractivity contribution >= 4 is 17.8 Å². The lowest BCUT2D eigenvalue weighted by atomic mass is 9.99. The molecule has 0 atom stereocenters. The van der Waals surface area contributed by atoms with Crippen LogP contribution in [-0.4, -0.2) is 24.9 Å². The predicted molar refractivity (Wildman–Crippen MR) is 69.9 cm³/mol. The van der Waals surface area contributed by atoms with Crippen LogP contribution in [0.2, 0.25) is 0 Å². The van der Waals surface area contributed by atoms with Gasteiger partial charge in [0.25, 0.3) is 5.91 Å². The van der Waals surface area contributed by atoms with E-state index in [9.17, 15) is 14.4 Å². The van der Waals surface area contributed by atoms with Gasteiger partial charge in [-0.1, -0.05) is 0 Å². The van der Waals surface area contributed by atoms with Crippen LogP contribution in [0.1, 0.15) is 39.6 Å². The maximum Gasteiger partial charge on any atom is 0.337 e. The van der Waals surface area contributed by atoms with Gasteiger partial charge < -0.3 is 4.74 Å². The zero-order chi connectivity index (χ0) is 15.1. The van der Waals surface area contributed by atoms with Crippen LogP contribution in [0.3, 0.4) is 0 Å². The molecule has 1 aromatic carbocycles. The summed E-state index contributed by atoms with van der Waals surface area (Å²) in [4.78, 5) is 34.2. The SMILES string of the molecule is COC(=O)c1ccc(C(=O)NC(C)=O)c(CCC#N)c1. The van der Waals surface area contributed by atoms with Gasteiger partial charge in [0.05, 0.1) is 18.7 Å². The Bertz CT molecular complexity index is 587. The smallest absolute Gasteiger partial charge is 0.337 e. The van der Waals surface area contributed by atoms with Crippen LogP contribution in [0.15, 0.2) is 18.2 Å². The van der Waals surface area contributed by atoms with Crippen LogP contribution in [0.4, 0.5) is 0 Å².